The number of carbonyl (C=O) groups is 1. The first kappa shape index (κ1) is 7.21. The van der Waals surface area contributed by atoms with E-state index in [9.17, 15) is 4.79 Å². The van der Waals surface area contributed by atoms with Crippen LogP contribution < -0.4 is 0 Å². The van der Waals surface area contributed by atoms with E-state index in [1.54, 1.807) is 12.2 Å². The third kappa shape index (κ3) is 5.21. The standard InChI is InChI=1S/C6H9O2/c1-2-3-4-5-6(7)8/h2-3H,1,4-5H2,(H,7,8). The Morgan fingerprint density at radius 1 is 1.75 bits per heavy atom. The molecule has 0 fully saturated rings. The van der Waals surface area contributed by atoms with Crippen LogP contribution in [-0.2, 0) is 4.79 Å². The summed E-state index contributed by atoms with van der Waals surface area (Å²) >= 11 is 0. The summed E-state index contributed by atoms with van der Waals surface area (Å²) in [6.07, 6.45) is 4.11. The minimum Gasteiger partial charge on any atom is -0.481 e. The molecule has 0 aromatic heterocycles. The van der Waals surface area contributed by atoms with Crippen molar-refractivity contribution in [3.05, 3.63) is 19.1 Å². The van der Waals surface area contributed by atoms with Crippen LogP contribution in [0.3, 0.4) is 0 Å². The normalized spacial score (nSPS) is 10.1. The number of rotatable bonds is 3. The molecule has 0 unspecified atom stereocenters. The van der Waals surface area contributed by atoms with Gasteiger partial charge < -0.3 is 5.11 Å². The van der Waals surface area contributed by atoms with Crippen molar-refractivity contribution in [3.8, 4) is 0 Å². The quantitative estimate of drug-likeness (QED) is 0.597. The number of allylic oxidation sites excluding steroid dienone is 2. The first-order chi connectivity index (χ1) is 3.77. The first-order valence-corrected chi connectivity index (χ1v) is 2.43. The molecular weight excluding hydrogens is 104 g/mol. The Labute approximate surface area is 48.8 Å². The van der Waals surface area contributed by atoms with Gasteiger partial charge in [-0.15, -0.1) is 0 Å². The summed E-state index contributed by atoms with van der Waals surface area (Å²) in [6.45, 7) is 3.41. The number of hydrogen-bond donors (Lipinski definition) is 1. The lowest BCUT2D eigenvalue weighted by molar-refractivity contribution is -0.136. The van der Waals surface area contributed by atoms with Gasteiger partial charge in [0.1, 0.15) is 0 Å². The molecule has 1 radical (unpaired) electrons. The van der Waals surface area contributed by atoms with Gasteiger partial charge >= 0.3 is 5.97 Å². The van der Waals surface area contributed by atoms with Gasteiger partial charge in [-0.3, -0.25) is 4.79 Å². The molecule has 0 aliphatic rings. The molecule has 0 heterocycles. The Morgan fingerprint density at radius 2 is 2.38 bits per heavy atom. The van der Waals surface area contributed by atoms with Crippen LogP contribution in [0.4, 0.5) is 0 Å². The van der Waals surface area contributed by atoms with Gasteiger partial charge in [-0.1, -0.05) is 12.2 Å². The molecule has 0 aliphatic carbocycles. The fourth-order valence-corrected chi connectivity index (χ4v) is 0.325. The van der Waals surface area contributed by atoms with Gasteiger partial charge in [-0.2, -0.15) is 0 Å². The smallest absolute Gasteiger partial charge is 0.303 e. The van der Waals surface area contributed by atoms with Gasteiger partial charge in [-0.25, -0.2) is 0 Å². The van der Waals surface area contributed by atoms with Crippen LogP contribution in [0, 0.1) is 6.92 Å². The molecule has 45 valence electrons. The van der Waals surface area contributed by atoms with Crippen LogP contribution in [0.15, 0.2) is 12.2 Å². The number of aliphatic carboxylic acids is 1. The molecule has 0 bridgehead atoms. The Balaban J connectivity index is 3.05. The Morgan fingerprint density at radius 3 is 2.75 bits per heavy atom. The van der Waals surface area contributed by atoms with E-state index in [0.29, 0.717) is 6.42 Å². The molecule has 0 spiro atoms. The average Bonchev–Trinajstić information content (AvgIpc) is 1.66. The van der Waals surface area contributed by atoms with Crippen LogP contribution in [0.25, 0.3) is 0 Å². The Hall–Kier alpha value is -0.790. The lowest BCUT2D eigenvalue weighted by Gasteiger charge is -1.83. The average molecular weight is 113 g/mol. The molecule has 1 N–H and O–H groups in total. The van der Waals surface area contributed by atoms with Crippen molar-refractivity contribution in [1.82, 2.24) is 0 Å². The van der Waals surface area contributed by atoms with E-state index in [-0.39, 0.29) is 6.42 Å². The second kappa shape index (κ2) is 4.37. The number of carboxylic acids is 1. The largest absolute Gasteiger partial charge is 0.481 e. The lowest BCUT2D eigenvalue weighted by Crippen LogP contribution is -1.91. The van der Waals surface area contributed by atoms with E-state index in [4.69, 9.17) is 5.11 Å². The van der Waals surface area contributed by atoms with E-state index in [2.05, 4.69) is 6.92 Å². The highest BCUT2D eigenvalue weighted by Crippen LogP contribution is 1.88. The Bertz CT molecular complexity index is 94.7. The second-order valence-corrected chi connectivity index (χ2v) is 1.40. The zero-order valence-electron chi connectivity index (χ0n) is 4.63. The fourth-order valence-electron chi connectivity index (χ4n) is 0.325. The van der Waals surface area contributed by atoms with Crippen LogP contribution >= 0.6 is 0 Å². The SMILES string of the molecule is [CH2]C=CCCC(=O)O. The molecule has 0 atom stereocenters. The summed E-state index contributed by atoms with van der Waals surface area (Å²) in [5, 5.41) is 8.09. The van der Waals surface area contributed by atoms with E-state index < -0.39 is 5.97 Å². The topological polar surface area (TPSA) is 37.3 Å². The van der Waals surface area contributed by atoms with Crippen LogP contribution in [0.5, 0.6) is 0 Å². The van der Waals surface area contributed by atoms with Crippen LogP contribution in [0.2, 0.25) is 0 Å². The highest BCUT2D eigenvalue weighted by Gasteiger charge is 1.89. The van der Waals surface area contributed by atoms with Gasteiger partial charge in [0.15, 0.2) is 0 Å². The van der Waals surface area contributed by atoms with E-state index in [1.165, 1.54) is 0 Å². The van der Waals surface area contributed by atoms with Crippen molar-refractivity contribution in [2.24, 2.45) is 0 Å². The molecule has 2 heteroatoms. The molecule has 0 saturated carbocycles. The zero-order valence-corrected chi connectivity index (χ0v) is 4.63. The fraction of sp³-hybridized carbons (Fsp3) is 0.333. The summed E-state index contributed by atoms with van der Waals surface area (Å²) in [6, 6.07) is 0. The third-order valence-electron chi connectivity index (χ3n) is 0.692. The van der Waals surface area contributed by atoms with E-state index in [1.807, 2.05) is 0 Å². The highest BCUT2D eigenvalue weighted by atomic mass is 16.4. The van der Waals surface area contributed by atoms with Gasteiger partial charge in [0.2, 0.25) is 0 Å². The summed E-state index contributed by atoms with van der Waals surface area (Å²) in [5.41, 5.74) is 0. The van der Waals surface area contributed by atoms with Crippen molar-refractivity contribution in [2.75, 3.05) is 0 Å². The van der Waals surface area contributed by atoms with Crippen LogP contribution in [-0.4, -0.2) is 11.1 Å². The van der Waals surface area contributed by atoms with Crippen molar-refractivity contribution in [3.63, 3.8) is 0 Å². The predicted octanol–water partition coefficient (Wildman–Crippen LogP) is 1.24. The minimum absolute atomic E-state index is 0.200. The maximum absolute atomic E-state index is 9.82. The number of hydrogen-bond acceptors (Lipinski definition) is 1. The molecular formula is C6H9O2. The lowest BCUT2D eigenvalue weighted by atomic mass is 10.3. The summed E-state index contributed by atoms with van der Waals surface area (Å²) in [5.74, 6) is -0.761. The molecule has 0 amide bonds. The van der Waals surface area contributed by atoms with Crippen molar-refractivity contribution in [2.45, 2.75) is 12.8 Å². The second-order valence-electron chi connectivity index (χ2n) is 1.40. The van der Waals surface area contributed by atoms with Gasteiger partial charge in [0.05, 0.1) is 0 Å². The minimum atomic E-state index is -0.761. The zero-order chi connectivity index (χ0) is 6.41. The van der Waals surface area contributed by atoms with Crippen molar-refractivity contribution < 1.29 is 9.90 Å². The predicted molar refractivity (Wildman–Crippen MR) is 31.4 cm³/mol. The maximum Gasteiger partial charge on any atom is 0.303 e. The summed E-state index contributed by atoms with van der Waals surface area (Å²) < 4.78 is 0. The number of carboxylic acid groups (broad SMARTS) is 1. The van der Waals surface area contributed by atoms with Gasteiger partial charge in [0, 0.05) is 6.42 Å². The molecule has 8 heavy (non-hydrogen) atoms. The monoisotopic (exact) mass is 113 g/mol. The highest BCUT2D eigenvalue weighted by molar-refractivity contribution is 5.66. The van der Waals surface area contributed by atoms with Gasteiger partial charge in [-0.05, 0) is 13.3 Å². The van der Waals surface area contributed by atoms with Gasteiger partial charge in [0.25, 0.3) is 0 Å². The molecule has 0 aromatic rings. The Kier molecular flexibility index (Phi) is 3.94. The molecule has 0 rings (SSSR count). The molecule has 0 aromatic carbocycles. The molecule has 0 aliphatic heterocycles. The first-order valence-electron chi connectivity index (χ1n) is 2.43. The summed E-state index contributed by atoms with van der Waals surface area (Å²) in [4.78, 5) is 9.82. The molecule has 2 nitrogen and oxygen atoms in total. The van der Waals surface area contributed by atoms with Crippen molar-refractivity contribution in [1.29, 1.82) is 0 Å². The summed E-state index contributed by atoms with van der Waals surface area (Å²) in [7, 11) is 0. The van der Waals surface area contributed by atoms with E-state index in [0.717, 1.165) is 0 Å². The third-order valence-corrected chi connectivity index (χ3v) is 0.692. The van der Waals surface area contributed by atoms with Crippen molar-refractivity contribution >= 4 is 5.97 Å². The van der Waals surface area contributed by atoms with Crippen LogP contribution in [0.1, 0.15) is 12.8 Å². The van der Waals surface area contributed by atoms with E-state index >= 15 is 0 Å². The maximum atomic E-state index is 9.82. The molecule has 0 saturated heterocycles.